The highest BCUT2D eigenvalue weighted by molar-refractivity contribution is 7.16. The molecule has 2 atom stereocenters. The number of rotatable bonds is 4. The highest BCUT2D eigenvalue weighted by Crippen LogP contribution is 2.32. The van der Waals surface area contributed by atoms with Gasteiger partial charge in [0.1, 0.15) is 23.1 Å². The highest BCUT2D eigenvalue weighted by atomic mass is 31.0. The van der Waals surface area contributed by atoms with Crippen LogP contribution in [0.3, 0.4) is 0 Å². The number of nitrogens with one attached hydrogen (secondary N) is 1. The minimum absolute atomic E-state index is 0.601. The van der Waals surface area contributed by atoms with Gasteiger partial charge in [0.25, 0.3) is 0 Å². The van der Waals surface area contributed by atoms with Gasteiger partial charge < -0.3 is 15.0 Å². The number of ether oxygens (including phenoxy) is 1. The molecule has 136 valence electrons. The Morgan fingerprint density at radius 3 is 2.58 bits per heavy atom. The molecule has 2 aromatic heterocycles. The monoisotopic (exact) mass is 372 g/mol. The number of hydrogen-bond donors (Lipinski definition) is 1. The van der Waals surface area contributed by atoms with Gasteiger partial charge in [0.2, 0.25) is 0 Å². The molecule has 26 heavy (non-hydrogen) atoms. The summed E-state index contributed by atoms with van der Waals surface area (Å²) in [5.74, 6) is -0.198. The molecule has 4 rings (SSSR count). The van der Waals surface area contributed by atoms with Crippen LogP contribution in [-0.2, 0) is 4.74 Å². The third kappa shape index (κ3) is 3.15. The Hall–Kier alpha value is -2.17. The first-order chi connectivity index (χ1) is 12.7. The molecule has 1 N–H and O–H groups in total. The summed E-state index contributed by atoms with van der Waals surface area (Å²) in [4.78, 5) is 7.05. The van der Waals surface area contributed by atoms with Crippen LogP contribution in [0.15, 0.2) is 42.6 Å². The van der Waals surface area contributed by atoms with Gasteiger partial charge in [-0.15, -0.1) is 0 Å². The molecule has 0 amide bonds. The molecule has 3 aromatic rings. The van der Waals surface area contributed by atoms with E-state index in [1.54, 1.807) is 12.1 Å². The number of pyridine rings is 1. The van der Waals surface area contributed by atoms with E-state index in [1.165, 1.54) is 5.69 Å². The van der Waals surface area contributed by atoms with Gasteiger partial charge in [-0.05, 0) is 29.8 Å². The predicted molar refractivity (Wildman–Crippen MR) is 107 cm³/mol. The molecular weight excluding hydrogens is 350 g/mol. The molecule has 0 spiro atoms. The van der Waals surface area contributed by atoms with Gasteiger partial charge in [-0.3, -0.25) is 4.40 Å². The lowest BCUT2D eigenvalue weighted by Gasteiger charge is -2.28. The number of halogens is 1. The van der Waals surface area contributed by atoms with Gasteiger partial charge in [-0.25, -0.2) is 9.37 Å². The molecule has 1 aliphatic rings. The SMILES string of the molecule is CNc1c(-c2ccc(N3CCOCC3)cc2)nc2cc(C(F)P)ccn12. The maximum absolute atomic E-state index is 13.6. The quantitative estimate of drug-likeness (QED) is 0.709. The Labute approximate surface area is 154 Å². The third-order valence-corrected chi connectivity index (χ3v) is 5.11. The Morgan fingerprint density at radius 1 is 1.19 bits per heavy atom. The number of anilines is 2. The zero-order valence-electron chi connectivity index (χ0n) is 14.7. The molecule has 0 saturated carbocycles. The van der Waals surface area contributed by atoms with Crippen molar-refractivity contribution in [3.8, 4) is 11.3 Å². The number of fused-ring (bicyclic) bond motifs is 1. The summed E-state index contributed by atoms with van der Waals surface area (Å²) < 4.78 is 21.0. The van der Waals surface area contributed by atoms with Crippen molar-refractivity contribution < 1.29 is 9.13 Å². The standard InChI is InChI=1S/C19H22FN4OP/c1-21-19-17(22-16-12-14(18(20)26)6-7-24(16)19)13-2-4-15(5-3-13)23-8-10-25-11-9-23/h2-7,12,18,21H,8-11,26H2,1H3. The first-order valence-corrected chi connectivity index (χ1v) is 9.36. The molecule has 7 heteroatoms. The van der Waals surface area contributed by atoms with Crippen LogP contribution in [0.2, 0.25) is 0 Å². The molecular formula is C19H22FN4OP. The molecule has 0 aliphatic carbocycles. The van der Waals surface area contributed by atoms with Crippen LogP contribution in [0.1, 0.15) is 11.5 Å². The van der Waals surface area contributed by atoms with Gasteiger partial charge in [-0.1, -0.05) is 21.4 Å². The summed E-state index contributed by atoms with van der Waals surface area (Å²) in [6.45, 7) is 3.37. The maximum atomic E-state index is 13.6. The van der Waals surface area contributed by atoms with Crippen LogP contribution in [0.25, 0.3) is 16.9 Å². The van der Waals surface area contributed by atoms with Crippen LogP contribution in [0.4, 0.5) is 15.9 Å². The number of imidazole rings is 1. The second-order valence-electron chi connectivity index (χ2n) is 6.30. The molecule has 0 radical (unpaired) electrons. The summed E-state index contributed by atoms with van der Waals surface area (Å²) in [7, 11) is 4.05. The van der Waals surface area contributed by atoms with Gasteiger partial charge in [0.15, 0.2) is 0 Å². The molecule has 3 heterocycles. The van der Waals surface area contributed by atoms with E-state index in [-0.39, 0.29) is 0 Å². The lowest BCUT2D eigenvalue weighted by atomic mass is 10.1. The molecule has 1 aliphatic heterocycles. The smallest absolute Gasteiger partial charge is 0.139 e. The van der Waals surface area contributed by atoms with Crippen molar-refractivity contribution in [1.82, 2.24) is 9.38 Å². The van der Waals surface area contributed by atoms with Crippen LogP contribution in [0, 0.1) is 0 Å². The number of morpholine rings is 1. The van der Waals surface area contributed by atoms with Gasteiger partial charge in [-0.2, -0.15) is 0 Å². The van der Waals surface area contributed by atoms with Crippen molar-refractivity contribution in [2.45, 2.75) is 5.91 Å². The van der Waals surface area contributed by atoms with E-state index in [0.29, 0.717) is 5.56 Å². The second-order valence-corrected chi connectivity index (χ2v) is 6.88. The Morgan fingerprint density at radius 2 is 1.92 bits per heavy atom. The Balaban J connectivity index is 1.71. The van der Waals surface area contributed by atoms with Crippen molar-refractivity contribution in [2.24, 2.45) is 0 Å². The fourth-order valence-electron chi connectivity index (χ4n) is 3.32. The molecule has 0 bridgehead atoms. The Kier molecular flexibility index (Phi) is 4.79. The largest absolute Gasteiger partial charge is 0.378 e. The van der Waals surface area contributed by atoms with Gasteiger partial charge in [0.05, 0.1) is 13.2 Å². The third-order valence-electron chi connectivity index (χ3n) is 4.72. The molecule has 5 nitrogen and oxygen atoms in total. The average Bonchev–Trinajstić information content (AvgIpc) is 3.06. The first kappa shape index (κ1) is 17.3. The fourth-order valence-corrected chi connectivity index (χ4v) is 3.53. The van der Waals surface area contributed by atoms with E-state index >= 15 is 0 Å². The fraction of sp³-hybridized carbons (Fsp3) is 0.316. The van der Waals surface area contributed by atoms with Crippen molar-refractivity contribution >= 4 is 26.4 Å². The molecule has 1 fully saturated rings. The van der Waals surface area contributed by atoms with E-state index in [0.717, 1.165) is 49.0 Å². The summed E-state index contributed by atoms with van der Waals surface area (Å²) >= 11 is 0. The summed E-state index contributed by atoms with van der Waals surface area (Å²) in [6.07, 6.45) is 1.85. The van der Waals surface area contributed by atoms with E-state index < -0.39 is 5.91 Å². The molecule has 2 unspecified atom stereocenters. The van der Waals surface area contributed by atoms with Crippen molar-refractivity contribution in [3.05, 3.63) is 48.2 Å². The minimum Gasteiger partial charge on any atom is -0.378 e. The summed E-state index contributed by atoms with van der Waals surface area (Å²) in [6, 6.07) is 12.0. The van der Waals surface area contributed by atoms with Crippen LogP contribution >= 0.6 is 9.24 Å². The zero-order chi connectivity index (χ0) is 18.1. The van der Waals surface area contributed by atoms with Crippen molar-refractivity contribution in [2.75, 3.05) is 43.6 Å². The number of nitrogens with zero attached hydrogens (tertiary/aromatic N) is 3. The lowest BCUT2D eigenvalue weighted by molar-refractivity contribution is 0.122. The number of hydrogen-bond acceptors (Lipinski definition) is 4. The first-order valence-electron chi connectivity index (χ1n) is 8.70. The normalized spacial score (nSPS) is 16.0. The Bertz CT molecular complexity index is 904. The lowest BCUT2D eigenvalue weighted by Crippen LogP contribution is -2.36. The predicted octanol–water partition coefficient (Wildman–Crippen LogP) is 3.72. The van der Waals surface area contributed by atoms with E-state index in [1.807, 2.05) is 17.6 Å². The van der Waals surface area contributed by atoms with Crippen LogP contribution in [0.5, 0.6) is 0 Å². The van der Waals surface area contributed by atoms with E-state index in [9.17, 15) is 4.39 Å². The number of aromatic nitrogens is 2. The molecule has 1 saturated heterocycles. The van der Waals surface area contributed by atoms with Gasteiger partial charge in [0, 0.05) is 37.6 Å². The second kappa shape index (κ2) is 7.22. The van der Waals surface area contributed by atoms with Crippen molar-refractivity contribution in [1.29, 1.82) is 0 Å². The number of benzene rings is 1. The average molecular weight is 372 g/mol. The molecule has 1 aromatic carbocycles. The highest BCUT2D eigenvalue weighted by Gasteiger charge is 2.16. The summed E-state index contributed by atoms with van der Waals surface area (Å²) in [5.41, 5.74) is 4.41. The minimum atomic E-state index is -1.09. The zero-order valence-corrected chi connectivity index (χ0v) is 15.8. The topological polar surface area (TPSA) is 41.8 Å². The number of alkyl halides is 1. The van der Waals surface area contributed by atoms with Crippen molar-refractivity contribution in [3.63, 3.8) is 0 Å². The summed E-state index contributed by atoms with van der Waals surface area (Å²) in [5, 5.41) is 3.22. The van der Waals surface area contributed by atoms with Crippen LogP contribution < -0.4 is 10.2 Å². The van der Waals surface area contributed by atoms with E-state index in [4.69, 9.17) is 9.72 Å². The maximum Gasteiger partial charge on any atom is 0.139 e. The van der Waals surface area contributed by atoms with Crippen LogP contribution in [-0.4, -0.2) is 42.7 Å². The van der Waals surface area contributed by atoms with Gasteiger partial charge >= 0.3 is 0 Å². The van der Waals surface area contributed by atoms with E-state index in [2.05, 4.69) is 43.7 Å².